The van der Waals surface area contributed by atoms with E-state index < -0.39 is 0 Å². The minimum atomic E-state index is 0.423. The Labute approximate surface area is 123 Å². The molecule has 0 saturated carbocycles. The average molecular weight is 360 g/mol. The lowest BCUT2D eigenvalue weighted by molar-refractivity contribution is 1.11. The van der Waals surface area contributed by atoms with Gasteiger partial charge in [-0.05, 0) is 59.0 Å². The molecule has 5 heteroatoms. The van der Waals surface area contributed by atoms with Crippen molar-refractivity contribution in [2.24, 2.45) is 0 Å². The van der Waals surface area contributed by atoms with Crippen molar-refractivity contribution in [2.45, 2.75) is 0 Å². The fourth-order valence-corrected chi connectivity index (χ4v) is 2.53. The molecule has 0 amide bonds. The van der Waals surface area contributed by atoms with Crippen LogP contribution in [0.5, 0.6) is 0 Å². The van der Waals surface area contributed by atoms with Gasteiger partial charge in [-0.3, -0.25) is 4.57 Å². The van der Waals surface area contributed by atoms with Crippen LogP contribution in [-0.4, -0.2) is 9.55 Å². The molecule has 19 heavy (non-hydrogen) atoms. The first-order valence-electron chi connectivity index (χ1n) is 5.63. The van der Waals surface area contributed by atoms with Gasteiger partial charge in [-0.1, -0.05) is 6.07 Å². The van der Waals surface area contributed by atoms with Crippen LogP contribution >= 0.6 is 22.6 Å². The number of hydrogen-bond acceptors (Lipinski definition) is 3. The second-order valence-electron chi connectivity index (χ2n) is 4.10. The van der Waals surface area contributed by atoms with Gasteiger partial charge in [0, 0.05) is 3.57 Å². The summed E-state index contributed by atoms with van der Waals surface area (Å²) < 4.78 is 2.97. The molecule has 0 radical (unpaired) electrons. The summed E-state index contributed by atoms with van der Waals surface area (Å²) in [5.74, 6) is 0.423. The van der Waals surface area contributed by atoms with Crippen LogP contribution in [0.3, 0.4) is 0 Å². The number of fused-ring (bicyclic) bond motifs is 1. The van der Waals surface area contributed by atoms with Gasteiger partial charge in [0.2, 0.25) is 5.95 Å². The molecular weight excluding hydrogens is 351 g/mol. The summed E-state index contributed by atoms with van der Waals surface area (Å²) in [6.07, 6.45) is 0. The number of nitriles is 1. The third-order valence-corrected chi connectivity index (χ3v) is 3.55. The van der Waals surface area contributed by atoms with Crippen molar-refractivity contribution < 1.29 is 0 Å². The van der Waals surface area contributed by atoms with E-state index in [2.05, 4.69) is 33.6 Å². The van der Waals surface area contributed by atoms with Crippen LogP contribution in [0.1, 0.15) is 5.56 Å². The number of imidazole rings is 1. The van der Waals surface area contributed by atoms with E-state index in [1.807, 2.05) is 34.9 Å². The van der Waals surface area contributed by atoms with Gasteiger partial charge in [0.25, 0.3) is 0 Å². The quantitative estimate of drug-likeness (QED) is 0.679. The summed E-state index contributed by atoms with van der Waals surface area (Å²) in [5, 5.41) is 8.97. The molecule has 1 heterocycles. The monoisotopic (exact) mass is 360 g/mol. The second-order valence-corrected chi connectivity index (χ2v) is 5.35. The summed E-state index contributed by atoms with van der Waals surface area (Å²) in [5.41, 5.74) is 9.23. The molecule has 0 aliphatic carbocycles. The summed E-state index contributed by atoms with van der Waals surface area (Å²) in [7, 11) is 0. The lowest BCUT2D eigenvalue weighted by Crippen LogP contribution is -2.00. The highest BCUT2D eigenvalue weighted by molar-refractivity contribution is 14.1. The van der Waals surface area contributed by atoms with Crippen molar-refractivity contribution in [1.82, 2.24) is 9.55 Å². The van der Waals surface area contributed by atoms with Gasteiger partial charge in [-0.2, -0.15) is 5.26 Å². The molecule has 3 rings (SSSR count). The fraction of sp³-hybridized carbons (Fsp3) is 0. The van der Waals surface area contributed by atoms with E-state index in [9.17, 15) is 0 Å². The summed E-state index contributed by atoms with van der Waals surface area (Å²) >= 11 is 2.24. The van der Waals surface area contributed by atoms with Crippen LogP contribution in [0.4, 0.5) is 5.95 Å². The zero-order valence-electron chi connectivity index (χ0n) is 9.84. The SMILES string of the molecule is N#Cc1cccc(-n2c(N)nc3cc(I)ccc32)c1. The largest absolute Gasteiger partial charge is 0.369 e. The van der Waals surface area contributed by atoms with E-state index in [0.29, 0.717) is 11.5 Å². The number of anilines is 1. The Morgan fingerprint density at radius 2 is 2.05 bits per heavy atom. The molecule has 2 aromatic carbocycles. The molecule has 0 fully saturated rings. The van der Waals surface area contributed by atoms with Crippen molar-refractivity contribution in [3.05, 3.63) is 51.6 Å². The Balaban J connectivity index is 2.30. The van der Waals surface area contributed by atoms with E-state index in [4.69, 9.17) is 11.0 Å². The van der Waals surface area contributed by atoms with Gasteiger partial charge in [0.1, 0.15) is 0 Å². The highest BCUT2D eigenvalue weighted by Gasteiger charge is 2.10. The van der Waals surface area contributed by atoms with Gasteiger partial charge >= 0.3 is 0 Å². The molecule has 0 saturated heterocycles. The lowest BCUT2D eigenvalue weighted by Gasteiger charge is -2.06. The van der Waals surface area contributed by atoms with E-state index in [1.165, 1.54) is 0 Å². The zero-order chi connectivity index (χ0) is 13.4. The molecular formula is C14H9IN4. The summed E-state index contributed by atoms with van der Waals surface area (Å²) in [6, 6.07) is 15.4. The number of halogens is 1. The second kappa shape index (κ2) is 4.55. The van der Waals surface area contributed by atoms with Crippen molar-refractivity contribution in [2.75, 3.05) is 5.73 Å². The Morgan fingerprint density at radius 1 is 1.21 bits per heavy atom. The topological polar surface area (TPSA) is 67.6 Å². The predicted octanol–water partition coefficient (Wildman–Crippen LogP) is 3.08. The maximum Gasteiger partial charge on any atom is 0.205 e. The Morgan fingerprint density at radius 3 is 2.84 bits per heavy atom. The number of hydrogen-bond donors (Lipinski definition) is 1. The van der Waals surface area contributed by atoms with Crippen LogP contribution in [0.2, 0.25) is 0 Å². The van der Waals surface area contributed by atoms with Crippen LogP contribution in [0, 0.1) is 14.9 Å². The van der Waals surface area contributed by atoms with Gasteiger partial charge in [0.15, 0.2) is 0 Å². The smallest absolute Gasteiger partial charge is 0.205 e. The third kappa shape index (κ3) is 2.04. The van der Waals surface area contributed by atoms with Gasteiger partial charge in [-0.15, -0.1) is 0 Å². The first-order chi connectivity index (χ1) is 9.19. The Bertz CT molecular complexity index is 814. The Kier molecular flexibility index (Phi) is 2.87. The molecule has 0 bridgehead atoms. The molecule has 0 atom stereocenters. The van der Waals surface area contributed by atoms with Crippen LogP contribution < -0.4 is 5.73 Å². The fourth-order valence-electron chi connectivity index (χ4n) is 2.06. The van der Waals surface area contributed by atoms with Crippen molar-refractivity contribution >= 4 is 39.6 Å². The number of nitrogen functional groups attached to an aromatic ring is 1. The molecule has 1 aromatic heterocycles. The number of rotatable bonds is 1. The summed E-state index contributed by atoms with van der Waals surface area (Å²) in [4.78, 5) is 4.36. The summed E-state index contributed by atoms with van der Waals surface area (Å²) in [6.45, 7) is 0. The van der Waals surface area contributed by atoms with E-state index in [1.54, 1.807) is 12.1 Å². The minimum absolute atomic E-state index is 0.423. The van der Waals surface area contributed by atoms with Crippen LogP contribution in [0.25, 0.3) is 16.7 Å². The highest BCUT2D eigenvalue weighted by atomic mass is 127. The van der Waals surface area contributed by atoms with Crippen LogP contribution in [-0.2, 0) is 0 Å². The van der Waals surface area contributed by atoms with E-state index >= 15 is 0 Å². The molecule has 0 aliphatic heterocycles. The number of nitrogens with zero attached hydrogens (tertiary/aromatic N) is 3. The molecule has 92 valence electrons. The van der Waals surface area contributed by atoms with Crippen LogP contribution in [0.15, 0.2) is 42.5 Å². The van der Waals surface area contributed by atoms with Crippen molar-refractivity contribution in [3.63, 3.8) is 0 Å². The normalized spacial score (nSPS) is 10.5. The lowest BCUT2D eigenvalue weighted by atomic mass is 10.2. The number of aromatic nitrogens is 2. The molecule has 4 nitrogen and oxygen atoms in total. The maximum absolute atomic E-state index is 8.97. The molecule has 2 N–H and O–H groups in total. The van der Waals surface area contributed by atoms with E-state index in [-0.39, 0.29) is 0 Å². The van der Waals surface area contributed by atoms with Gasteiger partial charge in [-0.25, -0.2) is 4.98 Å². The standard InChI is InChI=1S/C14H9IN4/c15-10-4-5-13-12(7-10)18-14(17)19(13)11-3-1-2-9(6-11)8-16/h1-7H,(H2,17,18). The number of nitrogens with two attached hydrogens (primary N) is 1. The van der Waals surface area contributed by atoms with Crippen molar-refractivity contribution in [1.29, 1.82) is 5.26 Å². The molecule has 0 spiro atoms. The highest BCUT2D eigenvalue weighted by Crippen LogP contribution is 2.24. The first-order valence-corrected chi connectivity index (χ1v) is 6.71. The molecule has 0 aliphatic rings. The first kappa shape index (κ1) is 12.0. The number of benzene rings is 2. The maximum atomic E-state index is 8.97. The predicted molar refractivity (Wildman–Crippen MR) is 82.9 cm³/mol. The third-order valence-electron chi connectivity index (χ3n) is 2.88. The van der Waals surface area contributed by atoms with Gasteiger partial charge < -0.3 is 5.73 Å². The van der Waals surface area contributed by atoms with Crippen molar-refractivity contribution in [3.8, 4) is 11.8 Å². The minimum Gasteiger partial charge on any atom is -0.369 e. The molecule has 3 aromatic rings. The molecule has 0 unspecified atom stereocenters. The Hall–Kier alpha value is -2.07. The van der Waals surface area contributed by atoms with Gasteiger partial charge in [0.05, 0.1) is 28.4 Å². The zero-order valence-corrected chi connectivity index (χ0v) is 12.0. The van der Waals surface area contributed by atoms with E-state index in [0.717, 1.165) is 20.3 Å². The average Bonchev–Trinajstić information content (AvgIpc) is 2.73.